The van der Waals surface area contributed by atoms with E-state index >= 15 is 0 Å². The maximum Gasteiger partial charge on any atom is 0.170 e. The van der Waals surface area contributed by atoms with Gasteiger partial charge in [0.1, 0.15) is 18.1 Å². The Balaban J connectivity index is 1.42. The van der Waals surface area contributed by atoms with Crippen LogP contribution in [0.2, 0.25) is 0 Å². The van der Waals surface area contributed by atoms with Gasteiger partial charge in [0.2, 0.25) is 0 Å². The van der Waals surface area contributed by atoms with E-state index in [9.17, 15) is 0 Å². The van der Waals surface area contributed by atoms with Crippen LogP contribution >= 0.6 is 23.6 Å². The monoisotopic (exact) mass is 349 g/mol. The zero-order valence-electron chi connectivity index (χ0n) is 12.9. The predicted octanol–water partition coefficient (Wildman–Crippen LogP) is 1.01. The average Bonchev–Trinajstić information content (AvgIpc) is 3.11. The Morgan fingerprint density at radius 3 is 2.74 bits per heavy atom. The lowest BCUT2D eigenvalue weighted by atomic mass is 10.2. The first-order chi connectivity index (χ1) is 11.3. The van der Waals surface area contributed by atoms with Crippen molar-refractivity contribution < 1.29 is 9.64 Å². The molecule has 0 unspecified atom stereocenters. The quantitative estimate of drug-likeness (QED) is 0.704. The van der Waals surface area contributed by atoms with Crippen molar-refractivity contribution in [1.29, 1.82) is 0 Å². The fourth-order valence-corrected chi connectivity index (χ4v) is 3.36. The van der Waals surface area contributed by atoms with Gasteiger partial charge in [-0.15, -0.1) is 11.3 Å². The summed E-state index contributed by atoms with van der Waals surface area (Å²) in [5, 5.41) is 10.2. The molecule has 1 saturated heterocycles. The Bertz CT molecular complexity index is 610. The molecule has 122 valence electrons. The highest BCUT2D eigenvalue weighted by atomic mass is 32.1. The molecule has 2 heterocycles. The molecule has 2 aromatic rings. The van der Waals surface area contributed by atoms with Crippen LogP contribution in [-0.4, -0.2) is 49.5 Å². The van der Waals surface area contributed by atoms with E-state index in [1.807, 2.05) is 23.7 Å². The average molecular weight is 350 g/mol. The van der Waals surface area contributed by atoms with Gasteiger partial charge in [-0.05, 0) is 36.5 Å². The molecule has 1 fully saturated rings. The summed E-state index contributed by atoms with van der Waals surface area (Å²) < 4.78 is 5.36. The molecule has 5 nitrogen and oxygen atoms in total. The number of hydrogen-bond acceptors (Lipinski definition) is 4. The molecule has 0 atom stereocenters. The van der Waals surface area contributed by atoms with E-state index in [-0.39, 0.29) is 0 Å². The summed E-state index contributed by atoms with van der Waals surface area (Å²) >= 11 is 6.99. The van der Waals surface area contributed by atoms with Crippen LogP contribution < -0.4 is 15.5 Å². The third-order valence-corrected chi connectivity index (χ3v) is 4.85. The summed E-state index contributed by atoms with van der Waals surface area (Å²) in [4.78, 5) is 5.88. The van der Waals surface area contributed by atoms with E-state index in [1.165, 1.54) is 0 Å². The van der Waals surface area contributed by atoms with Gasteiger partial charge >= 0.3 is 0 Å². The minimum absolute atomic E-state index is 0.666. The van der Waals surface area contributed by atoms with Crippen LogP contribution in [0.25, 0.3) is 10.6 Å². The van der Waals surface area contributed by atoms with Crippen LogP contribution in [0.15, 0.2) is 35.8 Å². The van der Waals surface area contributed by atoms with Gasteiger partial charge in [-0.25, -0.2) is 4.98 Å². The number of aromatic nitrogens is 1. The molecule has 0 aliphatic carbocycles. The van der Waals surface area contributed by atoms with E-state index in [1.54, 1.807) is 16.2 Å². The molecule has 0 amide bonds. The fourth-order valence-electron chi connectivity index (χ4n) is 2.50. The third kappa shape index (κ3) is 4.97. The number of nitrogens with zero attached hydrogens (tertiary/aromatic N) is 1. The molecule has 3 N–H and O–H groups in total. The molecule has 0 radical (unpaired) electrons. The normalized spacial score (nSPS) is 15.3. The highest BCUT2D eigenvalue weighted by molar-refractivity contribution is 7.80. The summed E-state index contributed by atoms with van der Waals surface area (Å²) in [7, 11) is 0. The maximum atomic E-state index is 5.36. The Labute approximate surface area is 145 Å². The van der Waals surface area contributed by atoms with E-state index in [0.29, 0.717) is 5.11 Å². The Hall–Kier alpha value is -1.54. The first kappa shape index (κ1) is 16.3. The number of rotatable bonds is 5. The van der Waals surface area contributed by atoms with Gasteiger partial charge in [0.25, 0.3) is 0 Å². The van der Waals surface area contributed by atoms with Crippen LogP contribution in [0, 0.1) is 0 Å². The standard InChI is InChI=1S/C16H20N4OS2/c22-16(18-5-7-20-8-10-21-11-9-20)19-14-3-1-13(2-4-14)15-17-6-12-23-15/h1-4,6,12H,5,7-11H2,(H2,18,19,22)/p+1. The van der Waals surface area contributed by atoms with Gasteiger partial charge in [-0.2, -0.15) is 0 Å². The van der Waals surface area contributed by atoms with Gasteiger partial charge in [-0.1, -0.05) is 0 Å². The number of nitrogens with one attached hydrogen (secondary N) is 3. The van der Waals surface area contributed by atoms with Gasteiger partial charge in [0, 0.05) is 22.8 Å². The number of thiocarbonyl (C=S) groups is 1. The van der Waals surface area contributed by atoms with Crippen molar-refractivity contribution in [3.63, 3.8) is 0 Å². The van der Waals surface area contributed by atoms with Crippen molar-refractivity contribution in [3.8, 4) is 10.6 Å². The summed E-state index contributed by atoms with van der Waals surface area (Å²) in [6.07, 6.45) is 1.82. The highest BCUT2D eigenvalue weighted by Crippen LogP contribution is 2.23. The first-order valence-corrected chi connectivity index (χ1v) is 9.06. The molecule has 23 heavy (non-hydrogen) atoms. The Kier molecular flexibility index (Phi) is 5.93. The number of anilines is 1. The van der Waals surface area contributed by atoms with Crippen molar-refractivity contribution in [2.24, 2.45) is 0 Å². The number of quaternary nitrogens is 1. The van der Waals surface area contributed by atoms with Gasteiger partial charge in [-0.3, -0.25) is 0 Å². The molecule has 0 bridgehead atoms. The number of morpholine rings is 1. The zero-order valence-corrected chi connectivity index (χ0v) is 14.5. The van der Waals surface area contributed by atoms with Gasteiger partial charge in [0.15, 0.2) is 5.11 Å². The largest absolute Gasteiger partial charge is 0.370 e. The van der Waals surface area contributed by atoms with Crippen LogP contribution in [0.1, 0.15) is 0 Å². The molecule has 1 aromatic heterocycles. The third-order valence-electron chi connectivity index (χ3n) is 3.79. The second kappa shape index (κ2) is 8.35. The number of hydrogen-bond donors (Lipinski definition) is 3. The Morgan fingerprint density at radius 2 is 2.04 bits per heavy atom. The lowest BCUT2D eigenvalue weighted by molar-refractivity contribution is -0.906. The van der Waals surface area contributed by atoms with Gasteiger partial charge < -0.3 is 20.3 Å². The minimum Gasteiger partial charge on any atom is -0.370 e. The van der Waals surface area contributed by atoms with Crippen molar-refractivity contribution >= 4 is 34.4 Å². The molecule has 1 aliphatic heterocycles. The molecule has 1 aliphatic rings. The summed E-state index contributed by atoms with van der Waals surface area (Å²) in [5.74, 6) is 0. The molecule has 1 aromatic carbocycles. The molecule has 7 heteroatoms. The summed E-state index contributed by atoms with van der Waals surface area (Å²) in [6, 6.07) is 8.17. The van der Waals surface area contributed by atoms with Crippen molar-refractivity contribution in [2.45, 2.75) is 0 Å². The second-order valence-electron chi connectivity index (χ2n) is 5.41. The minimum atomic E-state index is 0.666. The lowest BCUT2D eigenvalue weighted by Gasteiger charge is -2.24. The molecular weight excluding hydrogens is 328 g/mol. The fraction of sp³-hybridized carbons (Fsp3) is 0.375. The number of benzene rings is 1. The van der Waals surface area contributed by atoms with Crippen molar-refractivity contribution in [2.75, 3.05) is 44.7 Å². The summed E-state index contributed by atoms with van der Waals surface area (Å²) in [6.45, 7) is 5.83. The number of thiazole rings is 1. The zero-order chi connectivity index (χ0) is 15.9. The van der Waals surface area contributed by atoms with Crippen LogP contribution in [-0.2, 0) is 4.74 Å². The van der Waals surface area contributed by atoms with Crippen molar-refractivity contribution in [3.05, 3.63) is 35.8 Å². The predicted molar refractivity (Wildman–Crippen MR) is 98.2 cm³/mol. The summed E-state index contributed by atoms with van der Waals surface area (Å²) in [5.41, 5.74) is 2.11. The first-order valence-electron chi connectivity index (χ1n) is 7.77. The van der Waals surface area contributed by atoms with E-state index in [4.69, 9.17) is 17.0 Å². The van der Waals surface area contributed by atoms with E-state index < -0.39 is 0 Å². The molecular formula is C16H21N4OS2+. The second-order valence-corrected chi connectivity index (χ2v) is 6.71. The Morgan fingerprint density at radius 1 is 1.26 bits per heavy atom. The molecule has 0 spiro atoms. The maximum absolute atomic E-state index is 5.36. The van der Waals surface area contributed by atoms with E-state index in [0.717, 1.165) is 55.7 Å². The number of ether oxygens (including phenoxy) is 1. The lowest BCUT2D eigenvalue weighted by Crippen LogP contribution is -3.14. The van der Waals surface area contributed by atoms with E-state index in [2.05, 4.69) is 27.8 Å². The van der Waals surface area contributed by atoms with Crippen LogP contribution in [0.3, 0.4) is 0 Å². The van der Waals surface area contributed by atoms with Crippen LogP contribution in [0.5, 0.6) is 0 Å². The van der Waals surface area contributed by atoms with Gasteiger partial charge in [0.05, 0.1) is 26.3 Å². The smallest absolute Gasteiger partial charge is 0.170 e. The SMILES string of the molecule is S=C(NCC[NH+]1CCOCC1)Nc1ccc(-c2nccs2)cc1. The van der Waals surface area contributed by atoms with Crippen LogP contribution in [0.4, 0.5) is 5.69 Å². The topological polar surface area (TPSA) is 50.6 Å². The highest BCUT2D eigenvalue weighted by Gasteiger charge is 2.12. The molecule has 3 rings (SSSR count). The van der Waals surface area contributed by atoms with Crippen molar-refractivity contribution in [1.82, 2.24) is 10.3 Å². The molecule has 0 saturated carbocycles.